The van der Waals surface area contributed by atoms with Gasteiger partial charge in [0.2, 0.25) is 0 Å². The molecular weight excluding hydrogens is 579 g/mol. The van der Waals surface area contributed by atoms with Crippen LogP contribution in [-0.4, -0.2) is 92.0 Å². The van der Waals surface area contributed by atoms with E-state index in [-0.39, 0.29) is 50.9 Å². The molecule has 0 aromatic heterocycles. The molecule has 0 heterocycles. The largest absolute Gasteiger partial charge is 0.499 e. The highest BCUT2D eigenvalue weighted by molar-refractivity contribution is 5.84. The van der Waals surface area contributed by atoms with E-state index >= 15 is 0 Å². The summed E-state index contributed by atoms with van der Waals surface area (Å²) < 4.78 is 46.2. The molecule has 1 saturated carbocycles. The van der Waals surface area contributed by atoms with Gasteiger partial charge in [0.05, 0.1) is 46.4 Å². The zero-order valence-corrected chi connectivity index (χ0v) is 25.3. The van der Waals surface area contributed by atoms with E-state index < -0.39 is 23.7 Å². The van der Waals surface area contributed by atoms with Crippen LogP contribution in [0.4, 0.5) is 15.8 Å². The quantitative estimate of drug-likeness (QED) is 0.0850. The van der Waals surface area contributed by atoms with E-state index in [9.17, 15) is 23.6 Å². The molecule has 0 spiro atoms. The van der Waals surface area contributed by atoms with Crippen LogP contribution >= 0.6 is 0 Å². The number of hydrogen-bond donors (Lipinski definition) is 0. The van der Waals surface area contributed by atoms with Gasteiger partial charge in [0.25, 0.3) is 0 Å². The summed E-state index contributed by atoms with van der Waals surface area (Å²) >= 11 is 0. The van der Waals surface area contributed by atoms with Crippen molar-refractivity contribution in [3.8, 4) is 11.5 Å². The molecule has 0 saturated heterocycles. The molecule has 0 unspecified atom stereocenters. The molecule has 0 aliphatic heterocycles. The fraction of sp³-hybridized carbons (Fsp3) is 0.419. The Kier molecular flexibility index (Phi) is 12.8. The first kappa shape index (κ1) is 33.7. The number of halogens is 1. The molecule has 0 bridgehead atoms. The van der Waals surface area contributed by atoms with E-state index in [1.54, 1.807) is 12.0 Å². The molecule has 0 amide bonds. The van der Waals surface area contributed by atoms with Gasteiger partial charge in [-0.2, -0.15) is 0 Å². The van der Waals surface area contributed by atoms with Crippen LogP contribution < -0.4 is 19.3 Å². The number of hydrogen-bond acceptors (Lipinski definition) is 12. The van der Waals surface area contributed by atoms with Crippen LogP contribution in [0.25, 0.3) is 0 Å². The minimum atomic E-state index is -0.609. The fourth-order valence-corrected chi connectivity index (χ4v) is 4.39. The van der Waals surface area contributed by atoms with Crippen molar-refractivity contribution in [2.24, 2.45) is 0 Å². The Hall–Kier alpha value is -4.81. The lowest BCUT2D eigenvalue weighted by Crippen LogP contribution is -2.36. The Balaban J connectivity index is 1.82. The monoisotopic (exact) mass is 616 g/mol. The number of allylic oxidation sites excluding steroid dienone is 1. The Morgan fingerprint density at radius 1 is 0.727 bits per heavy atom. The van der Waals surface area contributed by atoms with E-state index in [0.717, 1.165) is 30.6 Å². The molecule has 1 aliphatic carbocycles. The molecule has 44 heavy (non-hydrogen) atoms. The van der Waals surface area contributed by atoms with Gasteiger partial charge in [-0.25, -0.2) is 4.39 Å². The van der Waals surface area contributed by atoms with Gasteiger partial charge in [0.1, 0.15) is 62.2 Å². The Morgan fingerprint density at radius 2 is 1.23 bits per heavy atom. The first-order valence-corrected chi connectivity index (χ1v) is 13.8. The van der Waals surface area contributed by atoms with Gasteiger partial charge < -0.3 is 38.2 Å². The maximum absolute atomic E-state index is 14.4. The summed E-state index contributed by atoms with van der Waals surface area (Å²) in [5.74, 6) is -1.19. The predicted molar refractivity (Wildman–Crippen MR) is 158 cm³/mol. The number of aldehydes is 1. The first-order chi connectivity index (χ1) is 21.2. The van der Waals surface area contributed by atoms with E-state index in [4.69, 9.17) is 28.4 Å². The molecule has 0 N–H and O–H groups in total. The lowest BCUT2D eigenvalue weighted by Gasteiger charge is -2.29. The highest BCUT2D eigenvalue weighted by Crippen LogP contribution is 2.34. The molecule has 13 heteroatoms. The maximum Gasteiger partial charge on any atom is 0.325 e. The number of nitrogens with zero attached hydrogens (tertiary/aromatic N) is 2. The molecule has 2 aromatic carbocycles. The van der Waals surface area contributed by atoms with Crippen molar-refractivity contribution in [1.82, 2.24) is 0 Å². The molecule has 238 valence electrons. The molecule has 1 aliphatic rings. The third-order valence-corrected chi connectivity index (χ3v) is 6.90. The smallest absolute Gasteiger partial charge is 0.325 e. The number of anilines is 2. The Labute approximate surface area is 255 Å². The third kappa shape index (κ3) is 9.35. The molecule has 1 fully saturated rings. The van der Waals surface area contributed by atoms with Crippen molar-refractivity contribution >= 4 is 35.6 Å². The standard InChI is InChI=1S/C31H37FN2O10/c1-39-28(22-6-5-7-22)16-33(17-29(36)40-2)25-11-9-23(32)15-27(25)44-13-12-43-26-14-21(20-35)8-10-24(26)34(18-30(37)41-3)19-31(38)42-4/h8-11,14-15,20H,5-7,12-13,16-19H2,1-4H3. The average molecular weight is 617 g/mol. The SMILES string of the molecule is COC(=O)CN(CC(=O)OC)c1ccc(C=O)cc1OCCOc1cc(F)ccc1N(CC(=O)OC)CC(OC)=C1CCC1. The molecule has 0 radical (unpaired) electrons. The Bertz CT molecular complexity index is 1340. The van der Waals surface area contributed by atoms with Gasteiger partial charge in [0, 0.05) is 11.6 Å². The van der Waals surface area contributed by atoms with Crippen LogP contribution in [0.2, 0.25) is 0 Å². The predicted octanol–water partition coefficient (Wildman–Crippen LogP) is 3.31. The maximum atomic E-state index is 14.4. The molecule has 0 atom stereocenters. The second-order valence-electron chi connectivity index (χ2n) is 9.68. The van der Waals surface area contributed by atoms with Crippen LogP contribution in [0, 0.1) is 5.82 Å². The number of ether oxygens (including phenoxy) is 6. The number of benzene rings is 2. The lowest BCUT2D eigenvalue weighted by molar-refractivity contribution is -0.140. The van der Waals surface area contributed by atoms with Gasteiger partial charge in [-0.1, -0.05) is 0 Å². The second kappa shape index (κ2) is 16.7. The number of rotatable bonds is 17. The molecule has 3 rings (SSSR count). The number of methoxy groups -OCH3 is 4. The average Bonchev–Trinajstić information content (AvgIpc) is 3.00. The highest BCUT2D eigenvalue weighted by Gasteiger charge is 2.23. The van der Waals surface area contributed by atoms with Crippen LogP contribution in [0.5, 0.6) is 11.5 Å². The van der Waals surface area contributed by atoms with Gasteiger partial charge in [-0.05, 0) is 55.2 Å². The van der Waals surface area contributed by atoms with Crippen molar-refractivity contribution in [3.63, 3.8) is 0 Å². The number of carbonyl (C=O) groups excluding carboxylic acids is 4. The van der Waals surface area contributed by atoms with Crippen LogP contribution in [-0.2, 0) is 33.3 Å². The number of carbonyl (C=O) groups is 4. The minimum Gasteiger partial charge on any atom is -0.499 e. The first-order valence-electron chi connectivity index (χ1n) is 13.8. The molecular formula is C31H37FN2O10. The van der Waals surface area contributed by atoms with Crippen LogP contribution in [0.1, 0.15) is 29.6 Å². The molecule has 12 nitrogen and oxygen atoms in total. The van der Waals surface area contributed by atoms with E-state index in [1.165, 1.54) is 62.6 Å². The third-order valence-electron chi connectivity index (χ3n) is 6.90. The summed E-state index contributed by atoms with van der Waals surface area (Å²) in [5, 5.41) is 0. The van der Waals surface area contributed by atoms with Gasteiger partial charge in [-0.15, -0.1) is 0 Å². The van der Waals surface area contributed by atoms with Crippen molar-refractivity contribution in [2.75, 3.05) is 77.6 Å². The van der Waals surface area contributed by atoms with Crippen molar-refractivity contribution in [3.05, 3.63) is 59.1 Å². The fourth-order valence-electron chi connectivity index (χ4n) is 4.39. The minimum absolute atomic E-state index is 0.0695. The summed E-state index contributed by atoms with van der Waals surface area (Å²) in [6.07, 6.45) is 3.50. The lowest BCUT2D eigenvalue weighted by atomic mass is 9.91. The zero-order chi connectivity index (χ0) is 32.1. The number of esters is 3. The van der Waals surface area contributed by atoms with Gasteiger partial charge in [0.15, 0.2) is 0 Å². The summed E-state index contributed by atoms with van der Waals surface area (Å²) in [4.78, 5) is 50.9. The van der Waals surface area contributed by atoms with E-state index in [0.29, 0.717) is 23.2 Å². The normalized spacial score (nSPS) is 11.9. The summed E-state index contributed by atoms with van der Waals surface area (Å²) in [5.41, 5.74) is 2.22. The van der Waals surface area contributed by atoms with Crippen LogP contribution in [0.15, 0.2) is 47.7 Å². The van der Waals surface area contributed by atoms with E-state index in [2.05, 4.69) is 0 Å². The van der Waals surface area contributed by atoms with Crippen molar-refractivity contribution < 1.29 is 52.0 Å². The topological polar surface area (TPSA) is 130 Å². The molecule has 2 aromatic rings. The van der Waals surface area contributed by atoms with Crippen LogP contribution in [0.3, 0.4) is 0 Å². The highest BCUT2D eigenvalue weighted by atomic mass is 19.1. The van der Waals surface area contributed by atoms with Crippen molar-refractivity contribution in [1.29, 1.82) is 0 Å². The summed E-state index contributed by atoms with van der Waals surface area (Å²) in [7, 11) is 5.29. The van der Waals surface area contributed by atoms with E-state index in [1.807, 2.05) is 0 Å². The zero-order valence-electron chi connectivity index (χ0n) is 25.3. The summed E-state index contributed by atoms with van der Waals surface area (Å²) in [6.45, 7) is -0.605. The Morgan fingerprint density at radius 3 is 1.68 bits per heavy atom. The van der Waals surface area contributed by atoms with Crippen molar-refractivity contribution in [2.45, 2.75) is 19.3 Å². The van der Waals surface area contributed by atoms with Gasteiger partial charge >= 0.3 is 17.9 Å². The summed E-state index contributed by atoms with van der Waals surface area (Å²) in [6, 6.07) is 8.47. The van der Waals surface area contributed by atoms with Gasteiger partial charge in [-0.3, -0.25) is 19.2 Å². The second-order valence-corrected chi connectivity index (χ2v) is 9.68.